The SMILES string of the molecule is Clc1ccc(-c2noc(CCBr)c2Br)cc1. The first-order valence-corrected chi connectivity index (χ1v) is 6.97. The molecule has 0 aliphatic carbocycles. The smallest absolute Gasteiger partial charge is 0.152 e. The predicted molar refractivity (Wildman–Crippen MR) is 72.1 cm³/mol. The number of aryl methyl sites for hydroxylation is 1. The molecule has 1 aromatic carbocycles. The first-order valence-electron chi connectivity index (χ1n) is 4.68. The van der Waals surface area contributed by atoms with Gasteiger partial charge in [-0.1, -0.05) is 44.8 Å². The van der Waals surface area contributed by atoms with Crippen LogP contribution in [0.3, 0.4) is 0 Å². The number of benzene rings is 1. The Labute approximate surface area is 115 Å². The number of alkyl halides is 1. The molecule has 0 atom stereocenters. The van der Waals surface area contributed by atoms with Crippen LogP contribution >= 0.6 is 43.5 Å². The van der Waals surface area contributed by atoms with Crippen molar-refractivity contribution in [1.29, 1.82) is 0 Å². The molecule has 2 rings (SSSR count). The molecule has 0 unspecified atom stereocenters. The summed E-state index contributed by atoms with van der Waals surface area (Å²) >= 11 is 12.7. The van der Waals surface area contributed by atoms with Crippen molar-refractivity contribution in [1.82, 2.24) is 5.16 Å². The lowest BCUT2D eigenvalue weighted by atomic mass is 10.1. The maximum absolute atomic E-state index is 5.83. The third-order valence-corrected chi connectivity index (χ3v) is 3.61. The maximum Gasteiger partial charge on any atom is 0.152 e. The molecular weight excluding hydrogens is 357 g/mol. The molecule has 0 N–H and O–H groups in total. The minimum Gasteiger partial charge on any atom is -0.360 e. The molecule has 0 saturated carbocycles. The molecule has 0 spiro atoms. The Morgan fingerprint density at radius 3 is 2.56 bits per heavy atom. The third kappa shape index (κ3) is 2.50. The highest BCUT2D eigenvalue weighted by Crippen LogP contribution is 2.31. The Morgan fingerprint density at radius 1 is 1.25 bits per heavy atom. The second kappa shape index (κ2) is 5.34. The van der Waals surface area contributed by atoms with Gasteiger partial charge < -0.3 is 4.52 Å². The number of aromatic nitrogens is 1. The number of hydrogen-bond acceptors (Lipinski definition) is 2. The van der Waals surface area contributed by atoms with Crippen LogP contribution in [0.5, 0.6) is 0 Å². The van der Waals surface area contributed by atoms with Gasteiger partial charge in [-0.15, -0.1) is 0 Å². The Bertz CT molecular complexity index is 481. The molecule has 84 valence electrons. The molecule has 0 aliphatic heterocycles. The van der Waals surface area contributed by atoms with Crippen LogP contribution in [-0.2, 0) is 6.42 Å². The zero-order chi connectivity index (χ0) is 11.5. The fourth-order valence-electron chi connectivity index (χ4n) is 1.34. The maximum atomic E-state index is 5.83. The molecule has 5 heteroatoms. The van der Waals surface area contributed by atoms with E-state index in [0.717, 1.165) is 33.2 Å². The number of rotatable bonds is 3. The van der Waals surface area contributed by atoms with Crippen molar-refractivity contribution in [3.05, 3.63) is 39.5 Å². The average molecular weight is 365 g/mol. The van der Waals surface area contributed by atoms with Crippen molar-refractivity contribution in [3.63, 3.8) is 0 Å². The Hall–Kier alpha value is -0.320. The van der Waals surface area contributed by atoms with E-state index in [1.54, 1.807) is 0 Å². The van der Waals surface area contributed by atoms with Gasteiger partial charge in [0.1, 0.15) is 5.69 Å². The van der Waals surface area contributed by atoms with Crippen LogP contribution in [-0.4, -0.2) is 10.5 Å². The average Bonchev–Trinajstić information content (AvgIpc) is 2.63. The fourth-order valence-corrected chi connectivity index (χ4v) is 2.40. The summed E-state index contributed by atoms with van der Waals surface area (Å²) in [5.41, 5.74) is 1.80. The summed E-state index contributed by atoms with van der Waals surface area (Å²) in [6, 6.07) is 7.51. The van der Waals surface area contributed by atoms with E-state index in [0.29, 0.717) is 5.02 Å². The van der Waals surface area contributed by atoms with Gasteiger partial charge in [-0.2, -0.15) is 0 Å². The van der Waals surface area contributed by atoms with Gasteiger partial charge in [-0.3, -0.25) is 0 Å². The molecule has 16 heavy (non-hydrogen) atoms. The zero-order valence-electron chi connectivity index (χ0n) is 8.21. The van der Waals surface area contributed by atoms with Crippen molar-refractivity contribution in [3.8, 4) is 11.3 Å². The van der Waals surface area contributed by atoms with E-state index < -0.39 is 0 Å². The van der Waals surface area contributed by atoms with Gasteiger partial charge in [0.25, 0.3) is 0 Å². The van der Waals surface area contributed by atoms with E-state index >= 15 is 0 Å². The molecule has 0 saturated heterocycles. The summed E-state index contributed by atoms with van der Waals surface area (Å²) in [6.45, 7) is 0. The topological polar surface area (TPSA) is 26.0 Å². The van der Waals surface area contributed by atoms with Gasteiger partial charge in [0.15, 0.2) is 5.76 Å². The second-order valence-corrected chi connectivity index (χ2v) is 5.24. The van der Waals surface area contributed by atoms with Crippen molar-refractivity contribution < 1.29 is 4.52 Å². The number of nitrogens with zero attached hydrogens (tertiary/aromatic N) is 1. The third-order valence-electron chi connectivity index (χ3n) is 2.14. The molecule has 0 radical (unpaired) electrons. The summed E-state index contributed by atoms with van der Waals surface area (Å²) in [5, 5.41) is 5.61. The standard InChI is InChI=1S/C11H8Br2ClNO/c12-6-5-9-10(13)11(15-16-9)7-1-3-8(14)4-2-7/h1-4H,5-6H2. The van der Waals surface area contributed by atoms with Gasteiger partial charge in [0.05, 0.1) is 4.47 Å². The van der Waals surface area contributed by atoms with Crippen molar-refractivity contribution in [2.75, 3.05) is 5.33 Å². The molecule has 0 fully saturated rings. The first kappa shape index (κ1) is 12.1. The summed E-state index contributed by atoms with van der Waals surface area (Å²) in [5.74, 6) is 0.849. The lowest BCUT2D eigenvalue weighted by Crippen LogP contribution is -1.83. The van der Waals surface area contributed by atoms with Crippen LogP contribution in [0.25, 0.3) is 11.3 Å². The molecule has 2 nitrogen and oxygen atoms in total. The summed E-state index contributed by atoms with van der Waals surface area (Å²) in [7, 11) is 0. The van der Waals surface area contributed by atoms with Crippen LogP contribution < -0.4 is 0 Å². The molecule has 1 aromatic heterocycles. The molecule has 1 heterocycles. The van der Waals surface area contributed by atoms with Crippen molar-refractivity contribution in [2.45, 2.75) is 6.42 Å². The Kier molecular flexibility index (Phi) is 4.05. The minimum absolute atomic E-state index is 0.712. The van der Waals surface area contributed by atoms with E-state index in [1.165, 1.54) is 0 Å². The van der Waals surface area contributed by atoms with E-state index in [4.69, 9.17) is 16.1 Å². The van der Waals surface area contributed by atoms with Gasteiger partial charge in [0.2, 0.25) is 0 Å². The summed E-state index contributed by atoms with van der Waals surface area (Å²) < 4.78 is 6.17. The van der Waals surface area contributed by atoms with Crippen LogP contribution in [0, 0.1) is 0 Å². The Morgan fingerprint density at radius 2 is 1.94 bits per heavy atom. The lowest BCUT2D eigenvalue weighted by molar-refractivity contribution is 0.389. The lowest BCUT2D eigenvalue weighted by Gasteiger charge is -1.96. The van der Waals surface area contributed by atoms with E-state index in [-0.39, 0.29) is 0 Å². The van der Waals surface area contributed by atoms with Crippen LogP contribution in [0.2, 0.25) is 5.02 Å². The predicted octanol–water partition coefficient (Wildman–Crippen LogP) is 4.69. The molecular formula is C11H8Br2ClNO. The normalized spacial score (nSPS) is 10.7. The molecule has 0 aliphatic rings. The largest absolute Gasteiger partial charge is 0.360 e. The van der Waals surface area contributed by atoms with Gasteiger partial charge in [-0.05, 0) is 28.1 Å². The van der Waals surface area contributed by atoms with Gasteiger partial charge in [-0.25, -0.2) is 0 Å². The monoisotopic (exact) mass is 363 g/mol. The summed E-state index contributed by atoms with van der Waals surface area (Å²) in [6.07, 6.45) is 0.807. The Balaban J connectivity index is 2.37. The highest BCUT2D eigenvalue weighted by molar-refractivity contribution is 9.10. The number of hydrogen-bond donors (Lipinski definition) is 0. The van der Waals surface area contributed by atoms with Crippen LogP contribution in [0.4, 0.5) is 0 Å². The van der Waals surface area contributed by atoms with Crippen molar-refractivity contribution in [2.24, 2.45) is 0 Å². The quantitative estimate of drug-likeness (QED) is 0.737. The highest BCUT2D eigenvalue weighted by atomic mass is 79.9. The van der Waals surface area contributed by atoms with Crippen LogP contribution in [0.15, 0.2) is 33.3 Å². The molecule has 0 bridgehead atoms. The first-order chi connectivity index (χ1) is 7.72. The fraction of sp³-hybridized carbons (Fsp3) is 0.182. The second-order valence-electron chi connectivity index (χ2n) is 3.21. The van der Waals surface area contributed by atoms with Crippen molar-refractivity contribution >= 4 is 43.5 Å². The summed E-state index contributed by atoms with van der Waals surface area (Å²) in [4.78, 5) is 0. The number of halogens is 3. The zero-order valence-corrected chi connectivity index (χ0v) is 12.1. The van der Waals surface area contributed by atoms with E-state index in [1.807, 2.05) is 24.3 Å². The van der Waals surface area contributed by atoms with E-state index in [2.05, 4.69) is 37.0 Å². The van der Waals surface area contributed by atoms with Crippen LogP contribution in [0.1, 0.15) is 5.76 Å². The highest BCUT2D eigenvalue weighted by Gasteiger charge is 2.14. The molecule has 0 amide bonds. The molecule has 2 aromatic rings. The van der Waals surface area contributed by atoms with Gasteiger partial charge in [0, 0.05) is 22.3 Å². The van der Waals surface area contributed by atoms with Gasteiger partial charge >= 0.3 is 0 Å². The van der Waals surface area contributed by atoms with E-state index in [9.17, 15) is 0 Å². The minimum atomic E-state index is 0.712.